The smallest absolute Gasteiger partial charge is 0.0485 e. The molecule has 1 atom stereocenters. The normalized spacial score (nSPS) is 12.7. The summed E-state index contributed by atoms with van der Waals surface area (Å²) in [7, 11) is -0.677. The Kier molecular flexibility index (Phi) is 4.88. The van der Waals surface area contributed by atoms with Gasteiger partial charge in [-0.25, -0.2) is 0 Å². The second kappa shape index (κ2) is 5.97. The number of aryl methyl sites for hydroxylation is 1. The topological polar surface area (TPSA) is 17.1 Å². The van der Waals surface area contributed by atoms with E-state index in [-0.39, 0.29) is 0 Å². The van der Waals surface area contributed by atoms with E-state index in [1.807, 2.05) is 0 Å². The third-order valence-corrected chi connectivity index (χ3v) is 3.57. The molecule has 0 radical (unpaired) electrons. The zero-order valence-corrected chi connectivity index (χ0v) is 9.77. The van der Waals surface area contributed by atoms with Gasteiger partial charge in [-0.05, 0) is 18.9 Å². The first kappa shape index (κ1) is 11.4. The second-order valence-corrected chi connectivity index (χ2v) is 5.20. The molecule has 0 aromatic heterocycles. The zero-order chi connectivity index (χ0) is 10.4. The van der Waals surface area contributed by atoms with E-state index >= 15 is 0 Å². The van der Waals surface area contributed by atoms with Crippen molar-refractivity contribution in [3.63, 3.8) is 0 Å². The Labute approximate surface area is 89.0 Å². The standard InChI is InChI=1S/C12H18OS/c1-3-4-9-14(13)10-12-7-5-11(2)6-8-12/h5-8H,3-4,9-10H2,1-2H3. The van der Waals surface area contributed by atoms with Crippen LogP contribution in [0.5, 0.6) is 0 Å². The molecule has 14 heavy (non-hydrogen) atoms. The fourth-order valence-corrected chi connectivity index (χ4v) is 2.57. The molecule has 2 heteroatoms. The molecular formula is C12H18OS. The molecule has 0 heterocycles. The fraction of sp³-hybridized carbons (Fsp3) is 0.500. The number of hydrogen-bond donors (Lipinski definition) is 0. The molecule has 0 fully saturated rings. The Balaban J connectivity index is 2.44. The molecule has 0 spiro atoms. The van der Waals surface area contributed by atoms with Crippen LogP contribution in [0, 0.1) is 6.92 Å². The quantitative estimate of drug-likeness (QED) is 0.730. The van der Waals surface area contributed by atoms with Crippen LogP contribution in [0.3, 0.4) is 0 Å². The summed E-state index contributed by atoms with van der Waals surface area (Å²) in [5, 5.41) is 0. The van der Waals surface area contributed by atoms with E-state index in [9.17, 15) is 4.21 Å². The highest BCUT2D eigenvalue weighted by atomic mass is 32.2. The van der Waals surface area contributed by atoms with Crippen molar-refractivity contribution in [1.82, 2.24) is 0 Å². The Hall–Kier alpha value is -0.630. The summed E-state index contributed by atoms with van der Waals surface area (Å²) in [6, 6.07) is 8.29. The highest BCUT2D eigenvalue weighted by molar-refractivity contribution is 7.84. The minimum absolute atomic E-state index is 0.677. The van der Waals surface area contributed by atoms with E-state index in [4.69, 9.17) is 0 Å². The van der Waals surface area contributed by atoms with Crippen molar-refractivity contribution in [2.75, 3.05) is 5.75 Å². The van der Waals surface area contributed by atoms with E-state index in [1.165, 1.54) is 11.1 Å². The zero-order valence-electron chi connectivity index (χ0n) is 8.95. The van der Waals surface area contributed by atoms with Crippen LogP contribution in [0.25, 0.3) is 0 Å². The Morgan fingerprint density at radius 1 is 1.21 bits per heavy atom. The van der Waals surface area contributed by atoms with Crippen molar-refractivity contribution >= 4 is 10.8 Å². The largest absolute Gasteiger partial charge is 0.259 e. The molecular weight excluding hydrogens is 192 g/mol. The molecule has 1 nitrogen and oxygen atoms in total. The number of benzene rings is 1. The molecule has 78 valence electrons. The van der Waals surface area contributed by atoms with Gasteiger partial charge in [0.1, 0.15) is 0 Å². The van der Waals surface area contributed by atoms with Gasteiger partial charge >= 0.3 is 0 Å². The van der Waals surface area contributed by atoms with E-state index in [0.29, 0.717) is 5.75 Å². The Morgan fingerprint density at radius 2 is 1.86 bits per heavy atom. The van der Waals surface area contributed by atoms with Crippen molar-refractivity contribution in [3.8, 4) is 0 Å². The van der Waals surface area contributed by atoms with Crippen molar-refractivity contribution in [2.45, 2.75) is 32.4 Å². The maximum absolute atomic E-state index is 11.6. The fourth-order valence-electron chi connectivity index (χ4n) is 1.25. The van der Waals surface area contributed by atoms with Gasteiger partial charge in [0, 0.05) is 22.3 Å². The van der Waals surface area contributed by atoms with E-state index in [1.54, 1.807) is 0 Å². The van der Waals surface area contributed by atoms with Gasteiger partial charge < -0.3 is 0 Å². The highest BCUT2D eigenvalue weighted by Crippen LogP contribution is 2.07. The Bertz CT molecular complexity index is 290. The van der Waals surface area contributed by atoms with Crippen LogP contribution in [0.1, 0.15) is 30.9 Å². The summed E-state index contributed by atoms with van der Waals surface area (Å²) < 4.78 is 11.6. The van der Waals surface area contributed by atoms with Gasteiger partial charge in [-0.15, -0.1) is 0 Å². The summed E-state index contributed by atoms with van der Waals surface area (Å²) in [5.41, 5.74) is 2.44. The van der Waals surface area contributed by atoms with Gasteiger partial charge in [0.15, 0.2) is 0 Å². The molecule has 1 unspecified atom stereocenters. The van der Waals surface area contributed by atoms with E-state index in [0.717, 1.165) is 18.6 Å². The second-order valence-electron chi connectivity index (χ2n) is 3.63. The van der Waals surface area contributed by atoms with Crippen LogP contribution in [-0.4, -0.2) is 9.96 Å². The number of unbranched alkanes of at least 4 members (excludes halogenated alkanes) is 1. The van der Waals surface area contributed by atoms with E-state index < -0.39 is 10.8 Å². The maximum atomic E-state index is 11.6. The molecule has 0 aliphatic rings. The molecule has 0 aliphatic heterocycles. The minimum Gasteiger partial charge on any atom is -0.259 e. The molecule has 0 saturated heterocycles. The van der Waals surface area contributed by atoms with Crippen LogP contribution >= 0.6 is 0 Å². The molecule has 0 amide bonds. The molecule has 0 aliphatic carbocycles. The van der Waals surface area contributed by atoms with Crippen molar-refractivity contribution < 1.29 is 4.21 Å². The predicted octanol–water partition coefficient (Wildman–Crippen LogP) is 3.04. The van der Waals surface area contributed by atoms with Crippen LogP contribution in [0.15, 0.2) is 24.3 Å². The first-order valence-electron chi connectivity index (χ1n) is 5.13. The van der Waals surface area contributed by atoms with Gasteiger partial charge in [0.2, 0.25) is 0 Å². The molecule has 0 saturated carbocycles. The Morgan fingerprint density at radius 3 is 2.43 bits per heavy atom. The van der Waals surface area contributed by atoms with Gasteiger partial charge in [-0.2, -0.15) is 0 Å². The average molecular weight is 210 g/mol. The lowest BCUT2D eigenvalue weighted by atomic mass is 10.2. The van der Waals surface area contributed by atoms with Gasteiger partial charge in [0.25, 0.3) is 0 Å². The maximum Gasteiger partial charge on any atom is 0.0485 e. The summed E-state index contributed by atoms with van der Waals surface area (Å²) >= 11 is 0. The van der Waals surface area contributed by atoms with E-state index in [2.05, 4.69) is 38.1 Å². The molecule has 1 rings (SSSR count). The molecule has 0 N–H and O–H groups in total. The van der Waals surface area contributed by atoms with Crippen molar-refractivity contribution in [1.29, 1.82) is 0 Å². The first-order valence-corrected chi connectivity index (χ1v) is 6.61. The predicted molar refractivity (Wildman–Crippen MR) is 62.8 cm³/mol. The summed E-state index contributed by atoms with van der Waals surface area (Å²) in [4.78, 5) is 0. The van der Waals surface area contributed by atoms with Crippen LogP contribution in [0.4, 0.5) is 0 Å². The lowest BCUT2D eigenvalue weighted by molar-refractivity contribution is 0.679. The molecule has 1 aromatic carbocycles. The van der Waals surface area contributed by atoms with Crippen LogP contribution < -0.4 is 0 Å². The summed E-state index contributed by atoms with van der Waals surface area (Å²) in [5.74, 6) is 1.55. The lowest BCUT2D eigenvalue weighted by Crippen LogP contribution is -2.00. The van der Waals surface area contributed by atoms with Gasteiger partial charge in [-0.3, -0.25) is 4.21 Å². The summed E-state index contributed by atoms with van der Waals surface area (Å²) in [6.07, 6.45) is 2.19. The minimum atomic E-state index is -0.677. The lowest BCUT2D eigenvalue weighted by Gasteiger charge is -2.02. The molecule has 1 aromatic rings. The van der Waals surface area contributed by atoms with Crippen molar-refractivity contribution in [3.05, 3.63) is 35.4 Å². The highest BCUT2D eigenvalue weighted by Gasteiger charge is 2.00. The third-order valence-electron chi connectivity index (χ3n) is 2.17. The number of rotatable bonds is 5. The average Bonchev–Trinajstić information content (AvgIpc) is 2.18. The number of hydrogen-bond acceptors (Lipinski definition) is 1. The van der Waals surface area contributed by atoms with Crippen LogP contribution in [-0.2, 0) is 16.6 Å². The third kappa shape index (κ3) is 4.05. The first-order chi connectivity index (χ1) is 6.72. The van der Waals surface area contributed by atoms with Crippen LogP contribution in [0.2, 0.25) is 0 Å². The van der Waals surface area contributed by atoms with Crippen molar-refractivity contribution in [2.24, 2.45) is 0 Å². The monoisotopic (exact) mass is 210 g/mol. The summed E-state index contributed by atoms with van der Waals surface area (Å²) in [6.45, 7) is 4.20. The van der Waals surface area contributed by atoms with Gasteiger partial charge in [-0.1, -0.05) is 43.2 Å². The SMILES string of the molecule is CCCCS(=O)Cc1ccc(C)cc1. The van der Waals surface area contributed by atoms with Gasteiger partial charge in [0.05, 0.1) is 0 Å². The molecule has 0 bridgehead atoms.